The Labute approximate surface area is 137 Å². The second-order valence-corrected chi connectivity index (χ2v) is 8.05. The van der Waals surface area contributed by atoms with E-state index in [1.165, 1.54) is 23.8 Å². The summed E-state index contributed by atoms with van der Waals surface area (Å²) in [6.45, 7) is 1.57. The fourth-order valence-corrected chi connectivity index (χ4v) is 2.78. The van der Waals surface area contributed by atoms with E-state index >= 15 is 0 Å². The zero-order chi connectivity index (χ0) is 17.6. The quantitative estimate of drug-likeness (QED) is 0.744. The molecule has 2 N–H and O–H groups in total. The molecule has 1 aromatic carbocycles. The largest absolute Gasteiger partial charge is 0.494 e. The minimum Gasteiger partial charge on any atom is -0.494 e. The molecule has 3 rings (SSSR count). The number of benzene rings is 1. The highest BCUT2D eigenvalue weighted by atomic mass is 32.2. The smallest absolute Gasteiger partial charge is 0.223 e. The fourth-order valence-electron chi connectivity index (χ4n) is 2.33. The number of rotatable bonds is 4. The van der Waals surface area contributed by atoms with E-state index in [0.717, 1.165) is 6.26 Å². The van der Waals surface area contributed by atoms with E-state index in [2.05, 4.69) is 15.1 Å². The van der Waals surface area contributed by atoms with Gasteiger partial charge in [0.05, 0.1) is 17.9 Å². The van der Waals surface area contributed by atoms with Crippen LogP contribution in [0.25, 0.3) is 16.6 Å². The van der Waals surface area contributed by atoms with Gasteiger partial charge in [-0.2, -0.15) is 4.52 Å². The van der Waals surface area contributed by atoms with Crippen molar-refractivity contribution >= 4 is 32.3 Å². The number of ether oxygens (including phenoxy) is 1. The SMILES string of the molecule is COc1cc2nc(N)n3nc(C[C@@H](C)S(C)(=O)=O)nc3c2cc1F. The Balaban J connectivity index is 2.19. The summed E-state index contributed by atoms with van der Waals surface area (Å²) in [7, 11) is -1.86. The zero-order valence-electron chi connectivity index (χ0n) is 13.3. The second kappa shape index (κ2) is 5.55. The van der Waals surface area contributed by atoms with Crippen LogP contribution in [0, 0.1) is 5.82 Å². The first-order valence-corrected chi connectivity index (χ1v) is 9.03. The number of nitrogens with two attached hydrogens (primary N) is 1. The molecule has 10 heteroatoms. The molecule has 128 valence electrons. The third kappa shape index (κ3) is 2.73. The van der Waals surface area contributed by atoms with Gasteiger partial charge in [-0.25, -0.2) is 22.8 Å². The Morgan fingerprint density at radius 2 is 2.08 bits per heavy atom. The maximum Gasteiger partial charge on any atom is 0.223 e. The van der Waals surface area contributed by atoms with Crippen molar-refractivity contribution in [3.63, 3.8) is 0 Å². The number of sulfone groups is 1. The molecule has 0 aliphatic rings. The summed E-state index contributed by atoms with van der Waals surface area (Å²) in [6.07, 6.45) is 1.28. The fraction of sp³-hybridized carbons (Fsp3) is 0.357. The van der Waals surface area contributed by atoms with Gasteiger partial charge >= 0.3 is 0 Å². The average Bonchev–Trinajstić information content (AvgIpc) is 2.91. The second-order valence-electron chi connectivity index (χ2n) is 5.58. The molecular formula is C14H16FN5O3S. The molecule has 1 atom stereocenters. The van der Waals surface area contributed by atoms with Crippen molar-refractivity contribution in [1.82, 2.24) is 19.6 Å². The van der Waals surface area contributed by atoms with E-state index in [-0.39, 0.29) is 18.1 Å². The van der Waals surface area contributed by atoms with Crippen molar-refractivity contribution < 1.29 is 17.5 Å². The molecule has 2 heterocycles. The first-order valence-electron chi connectivity index (χ1n) is 7.08. The van der Waals surface area contributed by atoms with Gasteiger partial charge in [-0.05, 0) is 13.0 Å². The summed E-state index contributed by atoms with van der Waals surface area (Å²) in [4.78, 5) is 8.48. The van der Waals surface area contributed by atoms with E-state index in [4.69, 9.17) is 10.5 Å². The van der Waals surface area contributed by atoms with E-state index in [9.17, 15) is 12.8 Å². The molecule has 0 unspecified atom stereocenters. The monoisotopic (exact) mass is 353 g/mol. The van der Waals surface area contributed by atoms with Crippen molar-refractivity contribution in [2.75, 3.05) is 19.1 Å². The van der Waals surface area contributed by atoms with Crippen LogP contribution in [0.5, 0.6) is 5.75 Å². The van der Waals surface area contributed by atoms with Gasteiger partial charge in [0.2, 0.25) is 5.95 Å². The summed E-state index contributed by atoms with van der Waals surface area (Å²) in [5, 5.41) is 3.95. The molecule has 24 heavy (non-hydrogen) atoms. The molecule has 0 spiro atoms. The topological polar surface area (TPSA) is 112 Å². The lowest BCUT2D eigenvalue weighted by atomic mass is 10.2. The number of fused-ring (bicyclic) bond motifs is 3. The Morgan fingerprint density at radius 3 is 2.71 bits per heavy atom. The van der Waals surface area contributed by atoms with Crippen LogP contribution < -0.4 is 10.5 Å². The minimum absolute atomic E-state index is 0.0455. The molecule has 0 aliphatic carbocycles. The first-order chi connectivity index (χ1) is 11.2. The highest BCUT2D eigenvalue weighted by molar-refractivity contribution is 7.91. The van der Waals surface area contributed by atoms with E-state index < -0.39 is 20.9 Å². The van der Waals surface area contributed by atoms with Crippen LogP contribution in [0.1, 0.15) is 12.7 Å². The highest BCUT2D eigenvalue weighted by Gasteiger charge is 2.20. The van der Waals surface area contributed by atoms with Crippen LogP contribution in [0.15, 0.2) is 12.1 Å². The van der Waals surface area contributed by atoms with Crippen molar-refractivity contribution in [2.24, 2.45) is 0 Å². The van der Waals surface area contributed by atoms with Crippen LogP contribution in [-0.4, -0.2) is 46.6 Å². The van der Waals surface area contributed by atoms with E-state index in [0.29, 0.717) is 22.4 Å². The Hall–Kier alpha value is -2.49. The third-order valence-corrected chi connectivity index (χ3v) is 5.44. The number of nitrogens with zero attached hydrogens (tertiary/aromatic N) is 4. The van der Waals surface area contributed by atoms with Gasteiger partial charge in [0.25, 0.3) is 0 Å². The lowest BCUT2D eigenvalue weighted by Crippen LogP contribution is -2.19. The number of methoxy groups -OCH3 is 1. The lowest BCUT2D eigenvalue weighted by Gasteiger charge is -2.05. The van der Waals surface area contributed by atoms with Crippen LogP contribution in [0.2, 0.25) is 0 Å². The predicted molar refractivity (Wildman–Crippen MR) is 87.2 cm³/mol. The van der Waals surface area contributed by atoms with Gasteiger partial charge in [0.1, 0.15) is 9.84 Å². The minimum atomic E-state index is -3.22. The zero-order valence-corrected chi connectivity index (χ0v) is 14.1. The number of nitrogen functional groups attached to an aromatic ring is 1. The molecule has 0 fully saturated rings. The molecule has 0 saturated heterocycles. The molecular weight excluding hydrogens is 337 g/mol. The van der Waals surface area contributed by atoms with Crippen LogP contribution in [0.3, 0.4) is 0 Å². The summed E-state index contributed by atoms with van der Waals surface area (Å²) >= 11 is 0. The molecule has 8 nitrogen and oxygen atoms in total. The Morgan fingerprint density at radius 1 is 1.38 bits per heavy atom. The number of hydrogen-bond acceptors (Lipinski definition) is 7. The van der Waals surface area contributed by atoms with Gasteiger partial charge in [-0.3, -0.25) is 0 Å². The summed E-state index contributed by atoms with van der Waals surface area (Å²) in [5.41, 5.74) is 6.60. The highest BCUT2D eigenvalue weighted by Crippen LogP contribution is 2.27. The number of anilines is 1. The van der Waals surface area contributed by atoms with Gasteiger partial charge in [0.15, 0.2) is 23.0 Å². The Kier molecular flexibility index (Phi) is 3.78. The molecule has 0 amide bonds. The first kappa shape index (κ1) is 16.4. The maximum atomic E-state index is 14.0. The lowest BCUT2D eigenvalue weighted by molar-refractivity contribution is 0.387. The molecule has 0 aliphatic heterocycles. The van der Waals surface area contributed by atoms with E-state index in [1.807, 2.05) is 0 Å². The number of aromatic nitrogens is 4. The molecule has 0 radical (unpaired) electrons. The number of halogens is 1. The average molecular weight is 353 g/mol. The maximum absolute atomic E-state index is 14.0. The summed E-state index contributed by atoms with van der Waals surface area (Å²) in [6, 6.07) is 2.67. The normalized spacial score (nSPS) is 13.5. The Bertz CT molecular complexity index is 1050. The third-order valence-electron chi connectivity index (χ3n) is 3.81. The molecule has 2 aromatic heterocycles. The van der Waals surface area contributed by atoms with E-state index in [1.54, 1.807) is 6.92 Å². The van der Waals surface area contributed by atoms with Crippen molar-refractivity contribution in [2.45, 2.75) is 18.6 Å². The summed E-state index contributed by atoms with van der Waals surface area (Å²) < 4.78 is 43.4. The number of hydrogen-bond donors (Lipinski definition) is 1. The van der Waals surface area contributed by atoms with Gasteiger partial charge in [-0.15, -0.1) is 5.10 Å². The van der Waals surface area contributed by atoms with Crippen LogP contribution >= 0.6 is 0 Å². The summed E-state index contributed by atoms with van der Waals surface area (Å²) in [5.74, 6) is -0.154. The van der Waals surface area contributed by atoms with Crippen molar-refractivity contribution in [3.8, 4) is 5.75 Å². The van der Waals surface area contributed by atoms with Gasteiger partial charge in [0, 0.05) is 24.1 Å². The standard InChI is InChI=1S/C14H16FN5O3S/c1-7(24(3,21)22)4-12-18-13-8-5-9(15)11(23-2)6-10(8)17-14(16)20(13)19-12/h5-7H,4H2,1-3H3,(H2,16,17)/t7-/m1/s1. The van der Waals surface area contributed by atoms with Crippen LogP contribution in [0.4, 0.5) is 10.3 Å². The molecule has 3 aromatic rings. The molecule has 0 bridgehead atoms. The van der Waals surface area contributed by atoms with Gasteiger partial charge in [-0.1, -0.05) is 0 Å². The van der Waals surface area contributed by atoms with Crippen molar-refractivity contribution in [3.05, 3.63) is 23.8 Å². The van der Waals surface area contributed by atoms with Crippen LogP contribution in [-0.2, 0) is 16.3 Å². The van der Waals surface area contributed by atoms with Gasteiger partial charge < -0.3 is 10.5 Å². The predicted octanol–water partition coefficient (Wildman–Crippen LogP) is 0.983. The molecule has 0 saturated carbocycles. The van der Waals surface area contributed by atoms with Crippen molar-refractivity contribution in [1.29, 1.82) is 0 Å².